The number of aliphatic hydroxyl groups is 1. The lowest BCUT2D eigenvalue weighted by Gasteiger charge is -2.59. The van der Waals surface area contributed by atoms with Gasteiger partial charge in [-0.3, -0.25) is 4.90 Å². The van der Waals surface area contributed by atoms with E-state index in [4.69, 9.17) is 9.47 Å². The van der Waals surface area contributed by atoms with Crippen molar-refractivity contribution in [2.75, 3.05) is 27.3 Å². The Hall–Kier alpha value is -0.840. The standard InChI is InChI=1S/C19H27NO3/c1-20-8-7-19-13-5-6-15(22-2)18(19)23-17-12(10-21)4-3-11(16(17)19)9-14(13)20/h5-6,11-12,14,16-18,21H,3-4,7-10H2,1-2H3/t11?,12?,14?,16?,17?,18-,19-/m0/s1. The molecule has 0 amide bonds. The number of hydrogen-bond acceptors (Lipinski definition) is 4. The van der Waals surface area contributed by atoms with Gasteiger partial charge in [-0.2, -0.15) is 0 Å². The summed E-state index contributed by atoms with van der Waals surface area (Å²) in [4.78, 5) is 2.54. The van der Waals surface area contributed by atoms with Gasteiger partial charge in [-0.1, -0.05) is 6.08 Å². The van der Waals surface area contributed by atoms with E-state index >= 15 is 0 Å². The molecule has 3 aliphatic carbocycles. The van der Waals surface area contributed by atoms with E-state index in [0.29, 0.717) is 17.9 Å². The average molecular weight is 317 g/mol. The summed E-state index contributed by atoms with van der Waals surface area (Å²) in [6.07, 6.45) is 9.50. The molecular formula is C19H27NO3. The van der Waals surface area contributed by atoms with Gasteiger partial charge < -0.3 is 14.6 Å². The van der Waals surface area contributed by atoms with Crippen molar-refractivity contribution in [1.82, 2.24) is 4.90 Å². The van der Waals surface area contributed by atoms with E-state index in [0.717, 1.165) is 31.1 Å². The normalized spacial score (nSPS) is 50.9. The second kappa shape index (κ2) is 4.84. The fourth-order valence-corrected chi connectivity index (χ4v) is 6.62. The Morgan fingerprint density at radius 1 is 1.39 bits per heavy atom. The quantitative estimate of drug-likeness (QED) is 0.845. The zero-order valence-corrected chi connectivity index (χ0v) is 14.1. The maximum atomic E-state index is 9.88. The predicted octanol–water partition coefficient (Wildman–Crippen LogP) is 1.95. The van der Waals surface area contributed by atoms with E-state index in [1.165, 1.54) is 12.8 Å². The fraction of sp³-hybridized carbons (Fsp3) is 0.789. The Bertz CT molecular complexity index is 585. The minimum atomic E-state index is 0.0636. The van der Waals surface area contributed by atoms with Crippen molar-refractivity contribution in [1.29, 1.82) is 0 Å². The van der Waals surface area contributed by atoms with Crippen molar-refractivity contribution in [3.05, 3.63) is 23.5 Å². The van der Waals surface area contributed by atoms with Crippen molar-refractivity contribution < 1.29 is 14.6 Å². The number of likely N-dealkylation sites (N-methyl/N-ethyl adjacent to an activating group) is 1. The molecule has 0 aromatic carbocycles. The molecule has 23 heavy (non-hydrogen) atoms. The predicted molar refractivity (Wildman–Crippen MR) is 86.7 cm³/mol. The molecule has 7 atom stereocenters. The molecule has 4 heteroatoms. The van der Waals surface area contributed by atoms with Crippen LogP contribution in [0.15, 0.2) is 23.5 Å². The van der Waals surface area contributed by atoms with Crippen LogP contribution < -0.4 is 0 Å². The number of rotatable bonds is 2. The highest BCUT2D eigenvalue weighted by Gasteiger charge is 2.68. The van der Waals surface area contributed by atoms with Crippen molar-refractivity contribution in [2.24, 2.45) is 23.2 Å². The first-order chi connectivity index (χ1) is 11.2. The van der Waals surface area contributed by atoms with E-state index < -0.39 is 0 Å². The van der Waals surface area contributed by atoms with E-state index in [1.54, 1.807) is 12.7 Å². The molecule has 2 aliphatic heterocycles. The highest BCUT2D eigenvalue weighted by atomic mass is 16.5. The number of hydrogen-bond donors (Lipinski definition) is 1. The number of nitrogens with zero attached hydrogens (tertiary/aromatic N) is 1. The third kappa shape index (κ3) is 1.62. The largest absolute Gasteiger partial charge is 0.498 e. The first kappa shape index (κ1) is 14.5. The molecular weight excluding hydrogens is 290 g/mol. The number of allylic oxidation sites excluding steroid dienone is 2. The summed E-state index contributed by atoms with van der Waals surface area (Å²) in [7, 11) is 4.04. The molecule has 5 unspecified atom stereocenters. The van der Waals surface area contributed by atoms with Gasteiger partial charge in [0.05, 0.1) is 13.2 Å². The van der Waals surface area contributed by atoms with E-state index in [1.807, 2.05) is 0 Å². The fourth-order valence-electron chi connectivity index (χ4n) is 6.62. The second-order valence-corrected chi connectivity index (χ2v) is 8.20. The molecule has 1 N–H and O–H groups in total. The van der Waals surface area contributed by atoms with Crippen molar-refractivity contribution in [3.8, 4) is 0 Å². The van der Waals surface area contributed by atoms with Crippen LogP contribution in [0.4, 0.5) is 0 Å². The molecule has 4 fully saturated rings. The average Bonchev–Trinajstić information content (AvgIpc) is 2.92. The van der Waals surface area contributed by atoms with Gasteiger partial charge in [0.25, 0.3) is 0 Å². The maximum absolute atomic E-state index is 9.88. The van der Waals surface area contributed by atoms with Crippen LogP contribution in [0.1, 0.15) is 25.7 Å². The van der Waals surface area contributed by atoms with Gasteiger partial charge >= 0.3 is 0 Å². The Labute approximate surface area is 138 Å². The Morgan fingerprint density at radius 3 is 3.04 bits per heavy atom. The van der Waals surface area contributed by atoms with Crippen LogP contribution in [0, 0.1) is 23.2 Å². The van der Waals surface area contributed by atoms with E-state index in [9.17, 15) is 5.11 Å². The monoisotopic (exact) mass is 317 g/mol. The summed E-state index contributed by atoms with van der Waals surface area (Å²) in [5, 5.41) is 9.88. The molecule has 2 saturated heterocycles. The van der Waals surface area contributed by atoms with Crippen LogP contribution in [0.25, 0.3) is 0 Å². The Morgan fingerprint density at radius 2 is 2.26 bits per heavy atom. The van der Waals surface area contributed by atoms with Crippen LogP contribution in [-0.4, -0.2) is 55.6 Å². The molecule has 5 rings (SSSR count). The van der Waals surface area contributed by atoms with Crippen LogP contribution in [-0.2, 0) is 9.47 Å². The minimum absolute atomic E-state index is 0.0636. The maximum Gasteiger partial charge on any atom is 0.125 e. The summed E-state index contributed by atoms with van der Waals surface area (Å²) in [6, 6.07) is 0.565. The van der Waals surface area contributed by atoms with Crippen LogP contribution in [0.2, 0.25) is 0 Å². The molecule has 0 aromatic heterocycles. The lowest BCUT2D eigenvalue weighted by Crippen LogP contribution is -2.61. The van der Waals surface area contributed by atoms with Gasteiger partial charge in [0.15, 0.2) is 0 Å². The van der Waals surface area contributed by atoms with Gasteiger partial charge in [0.1, 0.15) is 11.9 Å². The summed E-state index contributed by atoms with van der Waals surface area (Å²) < 4.78 is 12.4. The number of aliphatic hydroxyl groups excluding tert-OH is 1. The first-order valence-corrected chi connectivity index (χ1v) is 9.13. The third-order valence-electron chi connectivity index (χ3n) is 7.58. The Balaban J connectivity index is 1.68. The van der Waals surface area contributed by atoms with Crippen molar-refractivity contribution in [3.63, 3.8) is 0 Å². The number of likely N-dealkylation sites (tertiary alicyclic amines) is 1. The first-order valence-electron chi connectivity index (χ1n) is 9.13. The number of piperidine rings is 1. The lowest BCUT2D eigenvalue weighted by molar-refractivity contribution is -0.0535. The molecule has 1 spiro atoms. The van der Waals surface area contributed by atoms with E-state index in [2.05, 4.69) is 24.1 Å². The molecule has 5 aliphatic rings. The zero-order chi connectivity index (χ0) is 15.8. The van der Waals surface area contributed by atoms with Gasteiger partial charge in [0, 0.05) is 29.9 Å². The highest BCUT2D eigenvalue weighted by molar-refractivity contribution is 5.43. The Kier molecular flexibility index (Phi) is 3.05. The summed E-state index contributed by atoms with van der Waals surface area (Å²) in [5.41, 5.74) is 1.71. The zero-order valence-electron chi connectivity index (χ0n) is 14.1. The summed E-state index contributed by atoms with van der Waals surface area (Å²) in [6.45, 7) is 1.39. The molecule has 0 radical (unpaired) electrons. The summed E-state index contributed by atoms with van der Waals surface area (Å²) in [5.74, 6) is 2.58. The topological polar surface area (TPSA) is 41.9 Å². The van der Waals surface area contributed by atoms with Gasteiger partial charge in [0.2, 0.25) is 0 Å². The molecule has 2 bridgehead atoms. The minimum Gasteiger partial charge on any atom is -0.498 e. The smallest absolute Gasteiger partial charge is 0.125 e. The lowest BCUT2D eigenvalue weighted by atomic mass is 9.48. The van der Waals surface area contributed by atoms with Gasteiger partial charge in [-0.05, 0) is 56.8 Å². The number of methoxy groups -OCH3 is 1. The van der Waals surface area contributed by atoms with Crippen LogP contribution in [0.5, 0.6) is 0 Å². The highest BCUT2D eigenvalue weighted by Crippen LogP contribution is 2.67. The SMILES string of the molecule is COC1=CC=C2C3CC4CCC(CO)C5O[C@@H]1[C@]2(CCN3C)C45. The van der Waals surface area contributed by atoms with Gasteiger partial charge in [-0.15, -0.1) is 0 Å². The van der Waals surface area contributed by atoms with Gasteiger partial charge in [-0.25, -0.2) is 0 Å². The third-order valence-corrected chi connectivity index (χ3v) is 7.58. The molecule has 4 nitrogen and oxygen atoms in total. The van der Waals surface area contributed by atoms with E-state index in [-0.39, 0.29) is 24.2 Å². The van der Waals surface area contributed by atoms with Crippen LogP contribution >= 0.6 is 0 Å². The second-order valence-electron chi connectivity index (χ2n) is 8.20. The molecule has 2 saturated carbocycles. The van der Waals surface area contributed by atoms with Crippen LogP contribution in [0.3, 0.4) is 0 Å². The van der Waals surface area contributed by atoms with Crippen molar-refractivity contribution in [2.45, 2.75) is 43.9 Å². The number of ether oxygens (including phenoxy) is 2. The molecule has 0 aromatic rings. The summed E-state index contributed by atoms with van der Waals surface area (Å²) >= 11 is 0. The molecule has 2 heterocycles. The molecule has 126 valence electrons. The van der Waals surface area contributed by atoms with Crippen molar-refractivity contribution >= 4 is 0 Å².